The lowest BCUT2D eigenvalue weighted by Crippen LogP contribution is -2.16. The van der Waals surface area contributed by atoms with E-state index in [0.717, 1.165) is 29.0 Å². The minimum atomic E-state index is 0.0893. The average molecular weight is 345 g/mol. The highest BCUT2D eigenvalue weighted by atomic mass is 16.5. The molecule has 0 aliphatic carbocycles. The van der Waals surface area contributed by atoms with Crippen molar-refractivity contribution in [2.24, 2.45) is 5.73 Å². The molecule has 1 atom stereocenters. The molecule has 2 rings (SSSR count). The van der Waals surface area contributed by atoms with Crippen molar-refractivity contribution in [3.63, 3.8) is 0 Å². The minimum absolute atomic E-state index is 0.0893. The number of nitrogens with two attached hydrogens (primary N) is 1. The van der Waals surface area contributed by atoms with Crippen LogP contribution in [0.2, 0.25) is 0 Å². The van der Waals surface area contributed by atoms with E-state index in [1.54, 1.807) is 13.2 Å². The predicted octanol–water partition coefficient (Wildman–Crippen LogP) is 3.48. The molecule has 0 saturated heterocycles. The maximum Gasteiger partial charge on any atom is 0.160 e. The van der Waals surface area contributed by atoms with Gasteiger partial charge in [-0.25, -0.2) is 0 Å². The van der Waals surface area contributed by atoms with Crippen molar-refractivity contribution in [3.8, 4) is 23.0 Å². The van der Waals surface area contributed by atoms with Gasteiger partial charge in [0.2, 0.25) is 0 Å². The smallest absolute Gasteiger partial charge is 0.160 e. The van der Waals surface area contributed by atoms with Crippen LogP contribution in [-0.2, 0) is 6.42 Å². The molecule has 5 heteroatoms. The second kappa shape index (κ2) is 9.18. The van der Waals surface area contributed by atoms with Gasteiger partial charge in [0.1, 0.15) is 11.5 Å². The van der Waals surface area contributed by atoms with Crippen LogP contribution < -0.4 is 19.9 Å². The van der Waals surface area contributed by atoms with Crippen molar-refractivity contribution in [1.29, 1.82) is 0 Å². The van der Waals surface area contributed by atoms with Gasteiger partial charge in [-0.3, -0.25) is 0 Å². The first-order valence-corrected chi connectivity index (χ1v) is 8.58. The van der Waals surface area contributed by atoms with Crippen molar-refractivity contribution in [1.82, 2.24) is 0 Å². The first-order chi connectivity index (χ1) is 12.1. The van der Waals surface area contributed by atoms with Crippen molar-refractivity contribution < 1.29 is 19.3 Å². The van der Waals surface area contributed by atoms with Crippen LogP contribution in [0.5, 0.6) is 23.0 Å². The maximum atomic E-state index is 9.75. The van der Waals surface area contributed by atoms with Gasteiger partial charge in [-0.2, -0.15) is 0 Å². The lowest BCUT2D eigenvalue weighted by Gasteiger charge is -2.20. The molecule has 0 aliphatic heterocycles. The molecule has 0 bridgehead atoms. The van der Waals surface area contributed by atoms with E-state index in [9.17, 15) is 5.11 Å². The summed E-state index contributed by atoms with van der Waals surface area (Å²) in [6.07, 6.45) is 0.723. The largest absolute Gasteiger partial charge is 0.504 e. The van der Waals surface area contributed by atoms with E-state index >= 15 is 0 Å². The third-order valence-corrected chi connectivity index (χ3v) is 4.05. The summed E-state index contributed by atoms with van der Waals surface area (Å²) < 4.78 is 16.6. The molecule has 0 spiro atoms. The first kappa shape index (κ1) is 18.9. The summed E-state index contributed by atoms with van der Waals surface area (Å²) in [6.45, 7) is 5.58. The highest BCUT2D eigenvalue weighted by Crippen LogP contribution is 2.34. The quantitative estimate of drug-likeness (QED) is 0.728. The number of rotatable bonds is 9. The van der Waals surface area contributed by atoms with E-state index in [4.69, 9.17) is 19.9 Å². The Balaban J connectivity index is 2.30. The van der Waals surface area contributed by atoms with Crippen molar-refractivity contribution >= 4 is 0 Å². The number of ether oxygens (including phenoxy) is 3. The molecule has 0 aromatic heterocycles. The van der Waals surface area contributed by atoms with E-state index in [1.165, 1.54) is 0 Å². The van der Waals surface area contributed by atoms with Crippen LogP contribution in [0.4, 0.5) is 0 Å². The Morgan fingerprint density at radius 1 is 1.00 bits per heavy atom. The molecular formula is C20H27NO4. The number of methoxy groups -OCH3 is 1. The van der Waals surface area contributed by atoms with Crippen LogP contribution in [0.3, 0.4) is 0 Å². The van der Waals surface area contributed by atoms with E-state index in [-0.39, 0.29) is 11.7 Å². The fourth-order valence-corrected chi connectivity index (χ4v) is 2.84. The highest BCUT2D eigenvalue weighted by molar-refractivity contribution is 5.45. The number of benzene rings is 2. The second-order valence-corrected chi connectivity index (χ2v) is 5.71. The number of hydrogen-bond acceptors (Lipinski definition) is 5. The SMILES string of the molecule is CCOc1ccc(C(CN)Cc2ccc(O)c(OC)c2)c(OCC)c1. The Kier molecular flexibility index (Phi) is 6.95. The van der Waals surface area contributed by atoms with E-state index in [0.29, 0.717) is 25.5 Å². The van der Waals surface area contributed by atoms with Gasteiger partial charge < -0.3 is 25.1 Å². The third kappa shape index (κ3) is 4.79. The van der Waals surface area contributed by atoms with Gasteiger partial charge in [-0.1, -0.05) is 12.1 Å². The van der Waals surface area contributed by atoms with Crippen molar-refractivity contribution in [2.45, 2.75) is 26.2 Å². The summed E-state index contributed by atoms with van der Waals surface area (Å²) in [5, 5.41) is 9.75. The van der Waals surface area contributed by atoms with Crippen LogP contribution in [0, 0.1) is 0 Å². The fraction of sp³-hybridized carbons (Fsp3) is 0.400. The lowest BCUT2D eigenvalue weighted by atomic mass is 9.91. The summed E-state index contributed by atoms with van der Waals surface area (Å²) in [6, 6.07) is 11.3. The molecule has 3 N–H and O–H groups in total. The molecule has 0 amide bonds. The summed E-state index contributed by atoms with van der Waals surface area (Å²) >= 11 is 0. The molecular weight excluding hydrogens is 318 g/mol. The Morgan fingerprint density at radius 3 is 2.40 bits per heavy atom. The first-order valence-electron chi connectivity index (χ1n) is 8.58. The molecule has 2 aromatic rings. The number of aromatic hydroxyl groups is 1. The standard InChI is InChI=1S/C20H27NO4/c1-4-24-16-7-8-17(19(12-16)25-5-2)15(13-21)10-14-6-9-18(22)20(11-14)23-3/h6-9,11-12,15,22H,4-5,10,13,21H2,1-3H3. The Morgan fingerprint density at radius 2 is 1.76 bits per heavy atom. The second-order valence-electron chi connectivity index (χ2n) is 5.71. The summed E-state index contributed by atoms with van der Waals surface area (Å²) in [5.41, 5.74) is 8.15. The van der Waals surface area contributed by atoms with Crippen LogP contribution in [0.15, 0.2) is 36.4 Å². The van der Waals surface area contributed by atoms with E-state index in [1.807, 2.05) is 44.2 Å². The van der Waals surface area contributed by atoms with Gasteiger partial charge in [0, 0.05) is 12.0 Å². The Bertz CT molecular complexity index is 687. The zero-order chi connectivity index (χ0) is 18.2. The van der Waals surface area contributed by atoms with Crippen LogP contribution in [0.1, 0.15) is 30.9 Å². The summed E-state index contributed by atoms with van der Waals surface area (Å²) in [7, 11) is 1.54. The summed E-state index contributed by atoms with van der Waals surface area (Å²) in [5.74, 6) is 2.27. The highest BCUT2D eigenvalue weighted by Gasteiger charge is 2.17. The van der Waals surface area contributed by atoms with Gasteiger partial charge in [0.15, 0.2) is 11.5 Å². The number of hydrogen-bond donors (Lipinski definition) is 2. The van der Waals surface area contributed by atoms with Gasteiger partial charge >= 0.3 is 0 Å². The third-order valence-electron chi connectivity index (χ3n) is 4.05. The van der Waals surface area contributed by atoms with Gasteiger partial charge in [-0.05, 0) is 56.1 Å². The summed E-state index contributed by atoms with van der Waals surface area (Å²) in [4.78, 5) is 0. The van der Waals surface area contributed by atoms with E-state index < -0.39 is 0 Å². The van der Waals surface area contributed by atoms with Gasteiger partial charge in [0.05, 0.1) is 20.3 Å². The number of phenolic OH excluding ortho intramolecular Hbond substituents is 1. The Hall–Kier alpha value is -2.40. The Labute approximate surface area is 149 Å². The molecule has 0 radical (unpaired) electrons. The molecule has 0 aliphatic rings. The zero-order valence-corrected chi connectivity index (χ0v) is 15.1. The van der Waals surface area contributed by atoms with Crippen molar-refractivity contribution in [2.75, 3.05) is 26.9 Å². The minimum Gasteiger partial charge on any atom is -0.504 e. The molecule has 2 aromatic carbocycles. The molecule has 25 heavy (non-hydrogen) atoms. The average Bonchev–Trinajstić information content (AvgIpc) is 2.62. The van der Waals surface area contributed by atoms with Gasteiger partial charge in [-0.15, -0.1) is 0 Å². The van der Waals surface area contributed by atoms with Gasteiger partial charge in [0.25, 0.3) is 0 Å². The molecule has 0 heterocycles. The molecule has 0 fully saturated rings. The van der Waals surface area contributed by atoms with Crippen molar-refractivity contribution in [3.05, 3.63) is 47.5 Å². The normalized spacial score (nSPS) is 11.8. The molecule has 1 unspecified atom stereocenters. The zero-order valence-electron chi connectivity index (χ0n) is 15.1. The molecule has 136 valence electrons. The topological polar surface area (TPSA) is 73.9 Å². The fourth-order valence-electron chi connectivity index (χ4n) is 2.84. The monoisotopic (exact) mass is 345 g/mol. The lowest BCUT2D eigenvalue weighted by molar-refractivity contribution is 0.319. The van der Waals surface area contributed by atoms with E-state index in [2.05, 4.69) is 0 Å². The van der Waals surface area contributed by atoms with Crippen LogP contribution >= 0.6 is 0 Å². The van der Waals surface area contributed by atoms with Crippen LogP contribution in [-0.4, -0.2) is 32.0 Å². The maximum absolute atomic E-state index is 9.75. The predicted molar refractivity (Wildman–Crippen MR) is 98.9 cm³/mol. The molecule has 5 nitrogen and oxygen atoms in total. The molecule has 0 saturated carbocycles. The number of phenols is 1. The van der Waals surface area contributed by atoms with Crippen LogP contribution in [0.25, 0.3) is 0 Å².